The fourth-order valence-electron chi connectivity index (χ4n) is 5.88. The highest BCUT2D eigenvalue weighted by Crippen LogP contribution is 2.40. The zero-order valence-corrected chi connectivity index (χ0v) is 25.0. The second-order valence-corrected chi connectivity index (χ2v) is 11.8. The molecule has 1 aliphatic carbocycles. The minimum atomic E-state index is -3.39. The molecule has 0 spiro atoms. The zero-order valence-electron chi connectivity index (χ0n) is 24.3. The van der Waals surface area contributed by atoms with E-state index in [2.05, 4.69) is 6.92 Å². The third kappa shape index (κ3) is 7.32. The number of unbranched alkanes of at least 4 members (excludes halogenated alkanes) is 2. The SMILES string of the molecule is CCCCCc1ccc(C(F)(F)OC2CCC(c3ccc(-c4ccc(-c5cc(F)c(Cl)c(F)c5)c(F)c4)c(F)c3)CC2)cc1. The lowest BCUT2D eigenvalue weighted by molar-refractivity contribution is -0.277. The van der Waals surface area contributed by atoms with Gasteiger partial charge in [0.05, 0.1) is 11.7 Å². The van der Waals surface area contributed by atoms with Crippen LogP contribution in [0.5, 0.6) is 0 Å². The molecular weight excluding hydrogens is 598 g/mol. The smallest absolute Gasteiger partial charge is 0.313 e. The Morgan fingerprint density at radius 3 is 1.91 bits per heavy atom. The van der Waals surface area contributed by atoms with Crippen molar-refractivity contribution in [2.45, 2.75) is 76.4 Å². The van der Waals surface area contributed by atoms with Gasteiger partial charge in [-0.3, -0.25) is 0 Å². The molecule has 0 unspecified atom stereocenters. The topological polar surface area (TPSA) is 9.23 Å². The molecule has 8 heteroatoms. The first kappa shape index (κ1) is 32.1. The second kappa shape index (κ2) is 13.8. The summed E-state index contributed by atoms with van der Waals surface area (Å²) in [5.74, 6) is -3.37. The second-order valence-electron chi connectivity index (χ2n) is 11.5. The van der Waals surface area contributed by atoms with Gasteiger partial charge in [0.2, 0.25) is 0 Å². The fraction of sp³-hybridized carbons (Fsp3) is 0.333. The summed E-state index contributed by atoms with van der Waals surface area (Å²) in [6.45, 7) is 2.12. The molecular formula is C36H33ClF6O. The van der Waals surface area contributed by atoms with Crippen LogP contribution in [0, 0.1) is 23.3 Å². The third-order valence-corrected chi connectivity index (χ3v) is 8.75. The number of alkyl halides is 2. The van der Waals surface area contributed by atoms with E-state index < -0.39 is 40.5 Å². The van der Waals surface area contributed by atoms with E-state index in [1.54, 1.807) is 24.3 Å². The van der Waals surface area contributed by atoms with Gasteiger partial charge in [-0.15, -0.1) is 0 Å². The standard InChI is InChI=1S/C36H33ClF6O/c1-2-3-4-5-22-6-12-27(13-7-22)36(42,43)44-28-14-8-23(9-15-28)24-10-16-29(31(38)18-24)25-11-17-30(32(39)19-25)26-20-33(40)35(37)34(41)21-26/h6-7,10-13,16-21,23,28H,2-5,8-9,14-15H2,1H3. The maximum atomic E-state index is 15.2. The summed E-state index contributed by atoms with van der Waals surface area (Å²) in [6.07, 6.45) is 2.05. The molecule has 1 saturated carbocycles. The molecule has 0 N–H and O–H groups in total. The molecule has 0 saturated heterocycles. The monoisotopic (exact) mass is 630 g/mol. The summed E-state index contributed by atoms with van der Waals surface area (Å²) in [5.41, 5.74) is 1.96. The molecule has 232 valence electrons. The minimum absolute atomic E-state index is 0.0248. The zero-order chi connectivity index (χ0) is 31.4. The van der Waals surface area contributed by atoms with Gasteiger partial charge in [-0.1, -0.05) is 79.9 Å². The van der Waals surface area contributed by atoms with Gasteiger partial charge in [0.15, 0.2) is 0 Å². The van der Waals surface area contributed by atoms with E-state index in [4.69, 9.17) is 16.3 Å². The number of rotatable bonds is 10. The Kier molecular flexibility index (Phi) is 10.1. The molecule has 5 rings (SSSR count). The van der Waals surface area contributed by atoms with Crippen molar-refractivity contribution in [3.63, 3.8) is 0 Å². The normalized spacial score (nSPS) is 17.2. The number of halogens is 7. The fourth-order valence-corrected chi connectivity index (χ4v) is 5.99. The molecule has 0 aliphatic heterocycles. The van der Waals surface area contributed by atoms with Crippen molar-refractivity contribution in [3.8, 4) is 22.3 Å². The van der Waals surface area contributed by atoms with Gasteiger partial charge < -0.3 is 4.74 Å². The van der Waals surface area contributed by atoms with Crippen molar-refractivity contribution in [1.82, 2.24) is 0 Å². The number of ether oxygens (including phenoxy) is 1. The van der Waals surface area contributed by atoms with Crippen LogP contribution in [-0.2, 0) is 17.3 Å². The number of benzene rings is 4. The maximum Gasteiger partial charge on any atom is 0.383 e. The van der Waals surface area contributed by atoms with Crippen LogP contribution in [0.25, 0.3) is 22.3 Å². The predicted molar refractivity (Wildman–Crippen MR) is 162 cm³/mol. The van der Waals surface area contributed by atoms with Crippen molar-refractivity contribution in [2.75, 3.05) is 0 Å². The van der Waals surface area contributed by atoms with E-state index >= 15 is 4.39 Å². The van der Waals surface area contributed by atoms with Crippen molar-refractivity contribution in [1.29, 1.82) is 0 Å². The van der Waals surface area contributed by atoms with Gasteiger partial charge in [-0.2, -0.15) is 8.78 Å². The van der Waals surface area contributed by atoms with Crippen LogP contribution in [0.1, 0.15) is 74.5 Å². The number of hydrogen-bond acceptors (Lipinski definition) is 1. The molecule has 0 bridgehead atoms. The highest BCUT2D eigenvalue weighted by Gasteiger charge is 2.37. The van der Waals surface area contributed by atoms with Crippen molar-refractivity contribution in [2.24, 2.45) is 0 Å². The molecule has 44 heavy (non-hydrogen) atoms. The van der Waals surface area contributed by atoms with Gasteiger partial charge >= 0.3 is 6.11 Å². The molecule has 0 aromatic heterocycles. The van der Waals surface area contributed by atoms with Crippen LogP contribution in [0.15, 0.2) is 72.8 Å². The summed E-state index contributed by atoms with van der Waals surface area (Å²) >= 11 is 5.52. The first-order chi connectivity index (χ1) is 21.1. The summed E-state index contributed by atoms with van der Waals surface area (Å²) in [6, 6.07) is 16.9. The van der Waals surface area contributed by atoms with E-state index in [1.165, 1.54) is 30.3 Å². The van der Waals surface area contributed by atoms with Gasteiger partial charge in [-0.05, 0) is 91.0 Å². The van der Waals surface area contributed by atoms with E-state index in [1.807, 2.05) is 0 Å². The van der Waals surface area contributed by atoms with Crippen LogP contribution < -0.4 is 0 Å². The van der Waals surface area contributed by atoms with Crippen LogP contribution in [0.4, 0.5) is 26.3 Å². The van der Waals surface area contributed by atoms with E-state index in [0.717, 1.165) is 55.0 Å². The Bertz CT molecular complexity index is 1570. The van der Waals surface area contributed by atoms with Crippen LogP contribution in [-0.4, -0.2) is 6.10 Å². The molecule has 1 aliphatic rings. The number of aryl methyl sites for hydroxylation is 1. The Labute approximate surface area is 258 Å². The van der Waals surface area contributed by atoms with Crippen molar-refractivity contribution >= 4 is 11.6 Å². The largest absolute Gasteiger partial charge is 0.383 e. The first-order valence-electron chi connectivity index (χ1n) is 14.9. The average molecular weight is 631 g/mol. The average Bonchev–Trinajstić information content (AvgIpc) is 3.00. The first-order valence-corrected chi connectivity index (χ1v) is 15.3. The van der Waals surface area contributed by atoms with E-state index in [0.29, 0.717) is 25.7 Å². The molecule has 0 radical (unpaired) electrons. The van der Waals surface area contributed by atoms with E-state index in [-0.39, 0.29) is 33.7 Å². The minimum Gasteiger partial charge on any atom is -0.313 e. The van der Waals surface area contributed by atoms with Gasteiger partial charge in [0, 0.05) is 11.1 Å². The van der Waals surface area contributed by atoms with Crippen molar-refractivity contribution in [3.05, 3.63) is 118 Å². The molecule has 4 aromatic carbocycles. The van der Waals surface area contributed by atoms with Gasteiger partial charge in [-0.25, -0.2) is 17.6 Å². The lowest BCUT2D eigenvalue weighted by Gasteiger charge is -2.31. The maximum absolute atomic E-state index is 15.2. The molecule has 1 nitrogen and oxygen atoms in total. The summed E-state index contributed by atoms with van der Waals surface area (Å²) in [5, 5.41) is -0.675. The Morgan fingerprint density at radius 2 is 1.30 bits per heavy atom. The van der Waals surface area contributed by atoms with Crippen LogP contribution in [0.3, 0.4) is 0 Å². The van der Waals surface area contributed by atoms with E-state index in [9.17, 15) is 22.0 Å². The highest BCUT2D eigenvalue weighted by molar-refractivity contribution is 6.31. The van der Waals surface area contributed by atoms with Crippen LogP contribution in [0.2, 0.25) is 5.02 Å². The quantitative estimate of drug-likeness (QED) is 0.0962. The Balaban J connectivity index is 1.20. The predicted octanol–water partition coefficient (Wildman–Crippen LogP) is 11.8. The summed E-state index contributed by atoms with van der Waals surface area (Å²) in [4.78, 5) is 0. The third-order valence-electron chi connectivity index (χ3n) is 8.39. The molecule has 0 heterocycles. The lowest BCUT2D eigenvalue weighted by Crippen LogP contribution is -2.29. The Hall–Kier alpha value is -3.29. The van der Waals surface area contributed by atoms with Crippen LogP contribution >= 0.6 is 11.6 Å². The van der Waals surface area contributed by atoms with Gasteiger partial charge in [0.1, 0.15) is 28.3 Å². The van der Waals surface area contributed by atoms with Gasteiger partial charge in [0.25, 0.3) is 0 Å². The molecule has 4 aromatic rings. The molecule has 1 fully saturated rings. The lowest BCUT2D eigenvalue weighted by atomic mass is 9.82. The molecule has 0 atom stereocenters. The number of hydrogen-bond donors (Lipinski definition) is 0. The van der Waals surface area contributed by atoms with Crippen molar-refractivity contribution < 1.29 is 31.1 Å². The molecule has 0 amide bonds. The Morgan fingerprint density at radius 1 is 0.705 bits per heavy atom. The summed E-state index contributed by atoms with van der Waals surface area (Å²) < 4.78 is 93.1. The highest BCUT2D eigenvalue weighted by atomic mass is 35.5. The summed E-state index contributed by atoms with van der Waals surface area (Å²) in [7, 11) is 0.